The van der Waals surface area contributed by atoms with Gasteiger partial charge >= 0.3 is 0 Å². The van der Waals surface area contributed by atoms with E-state index >= 15 is 0 Å². The fourth-order valence-electron chi connectivity index (χ4n) is 5.27. The second kappa shape index (κ2) is 10.8. The highest BCUT2D eigenvalue weighted by Crippen LogP contribution is 2.26. The SMILES string of the molecule is CCCCN1CC(Cc2cccc3ccccc23)N(CCc2ccc(-c3ccccc3)cc2)C1=N. The van der Waals surface area contributed by atoms with Crippen molar-refractivity contribution in [2.75, 3.05) is 19.6 Å². The Hall–Kier alpha value is -3.59. The molecule has 0 radical (unpaired) electrons. The molecule has 1 atom stereocenters. The summed E-state index contributed by atoms with van der Waals surface area (Å²) in [6, 6.07) is 35.1. The molecule has 1 saturated heterocycles. The Bertz CT molecular complexity index is 1260. The summed E-state index contributed by atoms with van der Waals surface area (Å²) in [7, 11) is 0. The maximum Gasteiger partial charge on any atom is 0.194 e. The van der Waals surface area contributed by atoms with Gasteiger partial charge in [0.1, 0.15) is 0 Å². The first kappa shape index (κ1) is 23.2. The first-order valence-electron chi connectivity index (χ1n) is 12.9. The quantitative estimate of drug-likeness (QED) is 0.290. The molecule has 0 saturated carbocycles. The van der Waals surface area contributed by atoms with Gasteiger partial charge < -0.3 is 9.80 Å². The van der Waals surface area contributed by atoms with Crippen LogP contribution in [-0.2, 0) is 12.8 Å². The Balaban J connectivity index is 1.32. The molecule has 4 aromatic carbocycles. The largest absolute Gasteiger partial charge is 0.341 e. The van der Waals surface area contributed by atoms with Crippen LogP contribution in [0.5, 0.6) is 0 Å². The van der Waals surface area contributed by atoms with Crippen molar-refractivity contribution < 1.29 is 0 Å². The van der Waals surface area contributed by atoms with Gasteiger partial charge in [-0.05, 0) is 52.3 Å². The van der Waals surface area contributed by atoms with E-state index in [0.717, 1.165) is 45.3 Å². The number of hydrogen-bond donors (Lipinski definition) is 1. The van der Waals surface area contributed by atoms with Crippen molar-refractivity contribution in [1.29, 1.82) is 5.41 Å². The van der Waals surface area contributed by atoms with Crippen LogP contribution in [0.3, 0.4) is 0 Å². The second-order valence-electron chi connectivity index (χ2n) is 9.63. The van der Waals surface area contributed by atoms with Crippen molar-refractivity contribution in [3.8, 4) is 11.1 Å². The van der Waals surface area contributed by atoms with Crippen LogP contribution in [0.25, 0.3) is 21.9 Å². The maximum atomic E-state index is 8.96. The van der Waals surface area contributed by atoms with Gasteiger partial charge in [0.05, 0.1) is 6.04 Å². The average Bonchev–Trinajstić information content (AvgIpc) is 3.20. The molecule has 1 unspecified atom stereocenters. The zero-order valence-corrected chi connectivity index (χ0v) is 20.7. The Labute approximate surface area is 209 Å². The standard InChI is InChI=1S/C32H35N3/c1-2-3-21-34-24-30(23-29-14-9-13-28-12-7-8-15-31(28)29)35(32(34)33)22-20-25-16-18-27(19-17-25)26-10-5-4-6-11-26/h4-19,30,33H,2-3,20-24H2,1H3. The average molecular weight is 462 g/mol. The van der Waals surface area contributed by atoms with Gasteiger partial charge in [-0.1, -0.05) is 110 Å². The number of nitrogens with one attached hydrogen (secondary N) is 1. The van der Waals surface area contributed by atoms with Gasteiger partial charge in [0, 0.05) is 19.6 Å². The number of benzene rings is 4. The third kappa shape index (κ3) is 5.24. The molecule has 0 aliphatic carbocycles. The molecule has 1 N–H and O–H groups in total. The molecule has 3 heteroatoms. The number of rotatable bonds is 9. The summed E-state index contributed by atoms with van der Waals surface area (Å²) >= 11 is 0. The van der Waals surface area contributed by atoms with Crippen LogP contribution in [0, 0.1) is 5.41 Å². The van der Waals surface area contributed by atoms with E-state index in [-0.39, 0.29) is 0 Å². The summed E-state index contributed by atoms with van der Waals surface area (Å²) in [4.78, 5) is 4.64. The molecule has 5 rings (SSSR count). The van der Waals surface area contributed by atoms with Crippen LogP contribution >= 0.6 is 0 Å². The molecule has 0 aromatic heterocycles. The Morgan fingerprint density at radius 3 is 2.29 bits per heavy atom. The molecule has 35 heavy (non-hydrogen) atoms. The van der Waals surface area contributed by atoms with Crippen LogP contribution in [0.4, 0.5) is 0 Å². The molecule has 0 bridgehead atoms. The summed E-state index contributed by atoms with van der Waals surface area (Å²) in [5, 5.41) is 11.6. The maximum absolute atomic E-state index is 8.96. The summed E-state index contributed by atoms with van der Waals surface area (Å²) in [5.41, 5.74) is 5.22. The lowest BCUT2D eigenvalue weighted by molar-refractivity contribution is 0.340. The molecule has 4 aromatic rings. The van der Waals surface area contributed by atoms with Gasteiger partial charge in [-0.3, -0.25) is 5.41 Å². The van der Waals surface area contributed by atoms with Crippen molar-refractivity contribution in [3.05, 3.63) is 108 Å². The third-order valence-electron chi connectivity index (χ3n) is 7.26. The number of fused-ring (bicyclic) bond motifs is 1. The minimum atomic E-state index is 0.328. The van der Waals surface area contributed by atoms with E-state index < -0.39 is 0 Å². The molecule has 1 aliphatic rings. The summed E-state index contributed by atoms with van der Waals surface area (Å²) in [6.45, 7) is 5.02. The predicted molar refractivity (Wildman–Crippen MR) is 148 cm³/mol. The minimum Gasteiger partial charge on any atom is -0.341 e. The van der Waals surface area contributed by atoms with E-state index in [1.807, 2.05) is 0 Å². The van der Waals surface area contributed by atoms with E-state index in [1.54, 1.807) is 0 Å². The van der Waals surface area contributed by atoms with E-state index in [4.69, 9.17) is 5.41 Å². The smallest absolute Gasteiger partial charge is 0.194 e. The highest BCUT2D eigenvalue weighted by Gasteiger charge is 2.33. The lowest BCUT2D eigenvalue weighted by Gasteiger charge is -2.26. The van der Waals surface area contributed by atoms with Gasteiger partial charge in [0.25, 0.3) is 0 Å². The molecule has 178 valence electrons. The Morgan fingerprint density at radius 2 is 1.49 bits per heavy atom. The van der Waals surface area contributed by atoms with Crippen molar-refractivity contribution in [1.82, 2.24) is 9.80 Å². The van der Waals surface area contributed by atoms with Crippen molar-refractivity contribution in [2.24, 2.45) is 0 Å². The fourth-order valence-corrected chi connectivity index (χ4v) is 5.27. The van der Waals surface area contributed by atoms with Crippen LogP contribution in [0.1, 0.15) is 30.9 Å². The normalized spacial score (nSPS) is 15.8. The van der Waals surface area contributed by atoms with E-state index in [0.29, 0.717) is 12.0 Å². The lowest BCUT2D eigenvalue weighted by Crippen LogP contribution is -2.38. The first-order chi connectivity index (χ1) is 17.2. The van der Waals surface area contributed by atoms with Crippen molar-refractivity contribution in [2.45, 2.75) is 38.6 Å². The third-order valence-corrected chi connectivity index (χ3v) is 7.26. The van der Waals surface area contributed by atoms with Gasteiger partial charge in [-0.15, -0.1) is 0 Å². The highest BCUT2D eigenvalue weighted by molar-refractivity contribution is 5.86. The molecule has 0 amide bonds. The summed E-state index contributed by atoms with van der Waals surface area (Å²) in [5.74, 6) is 0.699. The van der Waals surface area contributed by atoms with E-state index in [2.05, 4.69) is 114 Å². The van der Waals surface area contributed by atoms with Crippen LogP contribution < -0.4 is 0 Å². The minimum absolute atomic E-state index is 0.328. The molecule has 3 nitrogen and oxygen atoms in total. The predicted octanol–water partition coefficient (Wildman–Crippen LogP) is 7.01. The monoisotopic (exact) mass is 461 g/mol. The van der Waals surface area contributed by atoms with Gasteiger partial charge in [-0.2, -0.15) is 0 Å². The van der Waals surface area contributed by atoms with Crippen LogP contribution in [-0.4, -0.2) is 41.4 Å². The molecule has 1 aliphatic heterocycles. The zero-order valence-electron chi connectivity index (χ0n) is 20.7. The second-order valence-corrected chi connectivity index (χ2v) is 9.63. The number of nitrogens with zero attached hydrogens (tertiary/aromatic N) is 2. The molecule has 0 spiro atoms. The van der Waals surface area contributed by atoms with Gasteiger partial charge in [0.15, 0.2) is 5.96 Å². The number of hydrogen-bond acceptors (Lipinski definition) is 1. The molecular weight excluding hydrogens is 426 g/mol. The molecule has 1 fully saturated rings. The van der Waals surface area contributed by atoms with Gasteiger partial charge in [0.2, 0.25) is 0 Å². The van der Waals surface area contributed by atoms with Crippen molar-refractivity contribution in [3.63, 3.8) is 0 Å². The highest BCUT2D eigenvalue weighted by atomic mass is 15.4. The van der Waals surface area contributed by atoms with Crippen molar-refractivity contribution >= 4 is 16.7 Å². The number of guanidine groups is 1. The van der Waals surface area contributed by atoms with E-state index in [9.17, 15) is 0 Å². The zero-order chi connectivity index (χ0) is 24.0. The topological polar surface area (TPSA) is 30.3 Å². The summed E-state index contributed by atoms with van der Waals surface area (Å²) < 4.78 is 0. The molecular formula is C32H35N3. The molecule has 1 heterocycles. The first-order valence-corrected chi connectivity index (χ1v) is 12.9. The fraction of sp³-hybridized carbons (Fsp3) is 0.281. The summed E-state index contributed by atoms with van der Waals surface area (Å²) in [6.07, 6.45) is 4.22. The Kier molecular flexibility index (Phi) is 7.13. The number of unbranched alkanes of at least 4 members (excludes halogenated alkanes) is 1. The van der Waals surface area contributed by atoms with Gasteiger partial charge in [-0.25, -0.2) is 0 Å². The van der Waals surface area contributed by atoms with Crippen LogP contribution in [0.15, 0.2) is 97.1 Å². The van der Waals surface area contributed by atoms with E-state index in [1.165, 1.54) is 33.0 Å². The Morgan fingerprint density at radius 1 is 0.771 bits per heavy atom. The van der Waals surface area contributed by atoms with Crippen LogP contribution in [0.2, 0.25) is 0 Å². The lowest BCUT2D eigenvalue weighted by atomic mass is 9.98.